The van der Waals surface area contributed by atoms with Crippen LogP contribution in [0.1, 0.15) is 13.8 Å². The van der Waals surface area contributed by atoms with Gasteiger partial charge in [0.2, 0.25) is 10.0 Å². The fraction of sp³-hybridized carbons (Fsp3) is 0.263. The van der Waals surface area contributed by atoms with Gasteiger partial charge in [-0.2, -0.15) is 4.72 Å². The summed E-state index contributed by atoms with van der Waals surface area (Å²) in [7, 11) is -2.53. The van der Waals surface area contributed by atoms with Gasteiger partial charge in [-0.05, 0) is 50.2 Å². The van der Waals surface area contributed by atoms with Crippen molar-refractivity contribution in [2.45, 2.75) is 30.9 Å². The van der Waals surface area contributed by atoms with Gasteiger partial charge in [0.15, 0.2) is 17.7 Å². The molecule has 0 bridgehead atoms. The van der Waals surface area contributed by atoms with E-state index in [1.807, 2.05) is 0 Å². The lowest BCUT2D eigenvalue weighted by Crippen LogP contribution is -2.53. The molecule has 3 N–H and O–H groups in total. The second kappa shape index (κ2) is 10.0. The van der Waals surface area contributed by atoms with Gasteiger partial charge < -0.3 is 9.47 Å². The number of carbonyl (C=O) groups excluding carboxylic acids is 2. The van der Waals surface area contributed by atoms with Crippen LogP contribution in [0.25, 0.3) is 0 Å². The third kappa shape index (κ3) is 6.16. The van der Waals surface area contributed by atoms with Gasteiger partial charge in [0.05, 0.1) is 18.0 Å². The summed E-state index contributed by atoms with van der Waals surface area (Å²) in [4.78, 5) is 24.1. The lowest BCUT2D eigenvalue weighted by atomic mass is 10.3. The maximum absolute atomic E-state index is 13.6. The fourth-order valence-corrected chi connectivity index (χ4v) is 3.43. The Balaban J connectivity index is 1.88. The summed E-state index contributed by atoms with van der Waals surface area (Å²) in [6.07, 6.45) is -1.12. The first-order chi connectivity index (χ1) is 14.1. The zero-order valence-electron chi connectivity index (χ0n) is 16.5. The molecule has 0 heterocycles. The second-order valence-electron chi connectivity index (χ2n) is 6.19. The fourth-order valence-electron chi connectivity index (χ4n) is 2.23. The third-order valence-electron chi connectivity index (χ3n) is 3.91. The highest BCUT2D eigenvalue weighted by Gasteiger charge is 2.23. The quantitative estimate of drug-likeness (QED) is 0.530. The van der Waals surface area contributed by atoms with E-state index in [0.29, 0.717) is 5.75 Å². The second-order valence-corrected chi connectivity index (χ2v) is 7.90. The summed E-state index contributed by atoms with van der Waals surface area (Å²) in [6.45, 7) is 2.67. The Bertz CT molecular complexity index is 998. The standard InChI is InChI=1S/C19H22FN3O6S/c1-12(23-30(26,27)15-10-8-14(28-3)9-11-15)18(24)21-22-19(25)13(2)29-17-7-5-4-6-16(17)20/h4-13,23H,1-3H3,(H,21,24)(H,22,25)/t12-,13+/m0/s1. The predicted octanol–water partition coefficient (Wildman–Crippen LogP) is 1.12. The molecule has 30 heavy (non-hydrogen) atoms. The van der Waals surface area contributed by atoms with Gasteiger partial charge in [-0.25, -0.2) is 12.8 Å². The normalized spacial score (nSPS) is 13.1. The Morgan fingerprint density at radius 3 is 2.17 bits per heavy atom. The number of carbonyl (C=O) groups is 2. The van der Waals surface area contributed by atoms with Gasteiger partial charge in [0, 0.05) is 0 Å². The van der Waals surface area contributed by atoms with Crippen molar-refractivity contribution in [2.24, 2.45) is 0 Å². The summed E-state index contributed by atoms with van der Waals surface area (Å²) < 4.78 is 50.6. The number of para-hydroxylation sites is 1. The highest BCUT2D eigenvalue weighted by Crippen LogP contribution is 2.17. The van der Waals surface area contributed by atoms with Gasteiger partial charge in [-0.3, -0.25) is 20.4 Å². The predicted molar refractivity (Wildman–Crippen MR) is 106 cm³/mol. The molecule has 9 nitrogen and oxygen atoms in total. The first-order valence-electron chi connectivity index (χ1n) is 8.81. The molecule has 162 valence electrons. The number of hydrogen-bond donors (Lipinski definition) is 3. The largest absolute Gasteiger partial charge is 0.497 e. The molecule has 0 unspecified atom stereocenters. The Labute approximate surface area is 173 Å². The molecule has 11 heteroatoms. The number of sulfonamides is 1. The minimum absolute atomic E-state index is 0.0566. The molecular formula is C19H22FN3O6S. The van der Waals surface area contributed by atoms with E-state index in [1.165, 1.54) is 63.4 Å². The van der Waals surface area contributed by atoms with Crippen molar-refractivity contribution < 1.29 is 31.9 Å². The number of rotatable bonds is 8. The number of halogens is 1. The molecule has 2 aromatic rings. The van der Waals surface area contributed by atoms with Gasteiger partial charge in [-0.15, -0.1) is 0 Å². The van der Waals surface area contributed by atoms with Gasteiger partial charge in [-0.1, -0.05) is 12.1 Å². The van der Waals surface area contributed by atoms with Crippen molar-refractivity contribution >= 4 is 21.8 Å². The maximum Gasteiger partial charge on any atom is 0.279 e. The maximum atomic E-state index is 13.6. The Kier molecular flexibility index (Phi) is 7.72. The lowest BCUT2D eigenvalue weighted by molar-refractivity contribution is -0.133. The first kappa shape index (κ1) is 23.1. The van der Waals surface area contributed by atoms with Crippen molar-refractivity contribution in [3.63, 3.8) is 0 Å². The molecule has 0 radical (unpaired) electrons. The van der Waals surface area contributed by atoms with Crippen molar-refractivity contribution in [3.05, 3.63) is 54.3 Å². The van der Waals surface area contributed by atoms with E-state index in [4.69, 9.17) is 9.47 Å². The van der Waals surface area contributed by atoms with E-state index in [2.05, 4.69) is 15.6 Å². The molecule has 0 aromatic heterocycles. The zero-order chi connectivity index (χ0) is 22.3. The SMILES string of the molecule is COc1ccc(S(=O)(=O)N[C@@H](C)C(=O)NNC(=O)[C@@H](C)Oc2ccccc2F)cc1. The van der Waals surface area contributed by atoms with Gasteiger partial charge >= 0.3 is 0 Å². The molecule has 0 saturated carbocycles. The van der Waals surface area contributed by atoms with Crippen LogP contribution in [-0.2, 0) is 19.6 Å². The topological polar surface area (TPSA) is 123 Å². The lowest BCUT2D eigenvalue weighted by Gasteiger charge is -2.18. The Morgan fingerprint density at radius 2 is 1.57 bits per heavy atom. The molecule has 0 aliphatic carbocycles. The molecule has 0 aliphatic heterocycles. The van der Waals surface area contributed by atoms with E-state index >= 15 is 0 Å². The van der Waals surface area contributed by atoms with Gasteiger partial charge in [0.25, 0.3) is 11.8 Å². The van der Waals surface area contributed by atoms with Crippen LogP contribution in [0.5, 0.6) is 11.5 Å². The van der Waals surface area contributed by atoms with Crippen LogP contribution >= 0.6 is 0 Å². The number of methoxy groups -OCH3 is 1. The number of hydrazine groups is 1. The minimum atomic E-state index is -3.98. The first-order valence-corrected chi connectivity index (χ1v) is 10.3. The summed E-state index contributed by atoms with van der Waals surface area (Å²) >= 11 is 0. The van der Waals surface area contributed by atoms with E-state index in [9.17, 15) is 22.4 Å². The molecule has 0 saturated heterocycles. The number of benzene rings is 2. The van der Waals surface area contributed by atoms with Crippen LogP contribution < -0.4 is 25.0 Å². The highest BCUT2D eigenvalue weighted by molar-refractivity contribution is 7.89. The van der Waals surface area contributed by atoms with Crippen molar-refractivity contribution in [3.8, 4) is 11.5 Å². The number of amides is 2. The van der Waals surface area contributed by atoms with Crippen LogP contribution in [-0.4, -0.2) is 39.5 Å². The Morgan fingerprint density at radius 1 is 0.967 bits per heavy atom. The summed E-state index contributed by atoms with van der Waals surface area (Å²) in [5.41, 5.74) is 4.20. The van der Waals surface area contributed by atoms with E-state index in [-0.39, 0.29) is 10.6 Å². The smallest absolute Gasteiger partial charge is 0.279 e. The van der Waals surface area contributed by atoms with Crippen LogP contribution in [0.15, 0.2) is 53.4 Å². The summed E-state index contributed by atoms with van der Waals surface area (Å²) in [6, 6.07) is 9.95. The van der Waals surface area contributed by atoms with Gasteiger partial charge in [0.1, 0.15) is 5.75 Å². The van der Waals surface area contributed by atoms with E-state index < -0.39 is 39.8 Å². The monoisotopic (exact) mass is 439 g/mol. The highest BCUT2D eigenvalue weighted by atomic mass is 32.2. The molecular weight excluding hydrogens is 417 g/mol. The van der Waals surface area contributed by atoms with Crippen molar-refractivity contribution in [1.29, 1.82) is 0 Å². The third-order valence-corrected chi connectivity index (χ3v) is 5.47. The molecule has 2 rings (SSSR count). The number of nitrogens with one attached hydrogen (secondary N) is 3. The zero-order valence-corrected chi connectivity index (χ0v) is 17.3. The molecule has 0 aliphatic rings. The Hall–Kier alpha value is -3.18. The average molecular weight is 439 g/mol. The summed E-state index contributed by atoms with van der Waals surface area (Å²) in [5, 5.41) is 0. The number of hydrogen-bond acceptors (Lipinski definition) is 6. The van der Waals surface area contributed by atoms with Crippen LogP contribution in [0, 0.1) is 5.82 Å². The molecule has 0 fully saturated rings. The van der Waals surface area contributed by atoms with Crippen molar-refractivity contribution in [1.82, 2.24) is 15.6 Å². The van der Waals surface area contributed by atoms with E-state index in [1.54, 1.807) is 6.07 Å². The van der Waals surface area contributed by atoms with E-state index in [0.717, 1.165) is 0 Å². The van der Waals surface area contributed by atoms with Crippen LogP contribution in [0.3, 0.4) is 0 Å². The molecule has 2 amide bonds. The average Bonchev–Trinajstić information content (AvgIpc) is 2.72. The molecule has 2 atom stereocenters. The van der Waals surface area contributed by atoms with Crippen LogP contribution in [0.2, 0.25) is 0 Å². The number of ether oxygens (including phenoxy) is 2. The molecule has 2 aromatic carbocycles. The summed E-state index contributed by atoms with van der Waals surface area (Å²) in [5.74, 6) is -1.83. The minimum Gasteiger partial charge on any atom is -0.497 e. The van der Waals surface area contributed by atoms with Crippen molar-refractivity contribution in [2.75, 3.05) is 7.11 Å². The molecule has 0 spiro atoms. The van der Waals surface area contributed by atoms with Crippen LogP contribution in [0.4, 0.5) is 4.39 Å².